The molecule has 0 aliphatic rings. The van der Waals surface area contributed by atoms with E-state index in [1.807, 2.05) is 83.1 Å². The molecule has 0 spiro atoms. The van der Waals surface area contributed by atoms with Crippen LogP contribution in [-0.2, 0) is 30.3 Å². The van der Waals surface area contributed by atoms with Gasteiger partial charge in [0.25, 0.3) is 0 Å². The standard InChI is InChI=1S/C36H53N3O6/c1-12-18-39(32(41)29(23(2)3)38-34(43)45-36(9,10)11)30(27-20-24(4)19-25(5)21-27)31(40)37-28(33(42)44-35(6,7)8)22-26-16-14-13-15-17-26/h13-17,19-21,23,28-30H,12,18,22H2,1-11H3,(H,37,40)(H,38,43). The number of hydrogen-bond acceptors (Lipinski definition) is 6. The molecule has 3 atom stereocenters. The molecule has 0 saturated carbocycles. The molecule has 2 rings (SSSR count). The van der Waals surface area contributed by atoms with E-state index in [0.29, 0.717) is 12.0 Å². The summed E-state index contributed by atoms with van der Waals surface area (Å²) in [5, 5.41) is 5.68. The van der Waals surface area contributed by atoms with Crippen molar-refractivity contribution >= 4 is 23.9 Å². The number of carbonyl (C=O) groups is 4. The van der Waals surface area contributed by atoms with Gasteiger partial charge in [0.1, 0.15) is 29.3 Å². The van der Waals surface area contributed by atoms with Gasteiger partial charge in [0, 0.05) is 13.0 Å². The first-order valence-electron chi connectivity index (χ1n) is 15.8. The van der Waals surface area contributed by atoms with Gasteiger partial charge in [-0.15, -0.1) is 0 Å². The Morgan fingerprint density at radius 3 is 1.87 bits per heavy atom. The van der Waals surface area contributed by atoms with Crippen LogP contribution in [0.2, 0.25) is 0 Å². The number of esters is 1. The Balaban J connectivity index is 2.61. The third-order valence-corrected chi connectivity index (χ3v) is 6.76. The Morgan fingerprint density at radius 2 is 1.38 bits per heavy atom. The van der Waals surface area contributed by atoms with Crippen LogP contribution in [0.25, 0.3) is 0 Å². The third-order valence-electron chi connectivity index (χ3n) is 6.76. The van der Waals surface area contributed by atoms with Crippen LogP contribution in [0.1, 0.15) is 97.0 Å². The van der Waals surface area contributed by atoms with Crippen LogP contribution in [-0.4, -0.2) is 58.6 Å². The normalized spacial score (nSPS) is 13.8. The SMILES string of the molecule is CCCN(C(=O)C(NC(=O)OC(C)(C)C)C(C)C)C(C(=O)NC(Cc1ccccc1)C(=O)OC(C)(C)C)c1cc(C)cc(C)c1. The van der Waals surface area contributed by atoms with Crippen LogP contribution >= 0.6 is 0 Å². The van der Waals surface area contributed by atoms with Crippen molar-refractivity contribution in [3.05, 3.63) is 70.8 Å². The highest BCUT2D eigenvalue weighted by Gasteiger charge is 2.39. The van der Waals surface area contributed by atoms with E-state index in [1.54, 1.807) is 41.5 Å². The maximum absolute atomic E-state index is 14.4. The summed E-state index contributed by atoms with van der Waals surface area (Å²) in [7, 11) is 0. The molecule has 0 aliphatic heterocycles. The second-order valence-corrected chi connectivity index (χ2v) is 14.0. The van der Waals surface area contributed by atoms with Crippen molar-refractivity contribution in [2.24, 2.45) is 5.92 Å². The van der Waals surface area contributed by atoms with Gasteiger partial charge in [-0.1, -0.05) is 80.4 Å². The van der Waals surface area contributed by atoms with E-state index in [9.17, 15) is 19.2 Å². The highest BCUT2D eigenvalue weighted by molar-refractivity contribution is 5.94. The zero-order valence-electron chi connectivity index (χ0n) is 28.9. The summed E-state index contributed by atoms with van der Waals surface area (Å²) in [5.41, 5.74) is 1.77. The number of amides is 3. The Bertz CT molecular complexity index is 1290. The van der Waals surface area contributed by atoms with Crippen molar-refractivity contribution < 1.29 is 28.7 Å². The monoisotopic (exact) mass is 623 g/mol. The molecular formula is C36H53N3O6. The van der Waals surface area contributed by atoms with Crippen LogP contribution in [0.15, 0.2) is 48.5 Å². The van der Waals surface area contributed by atoms with Gasteiger partial charge in [0.2, 0.25) is 11.8 Å². The molecule has 45 heavy (non-hydrogen) atoms. The highest BCUT2D eigenvalue weighted by atomic mass is 16.6. The molecule has 0 radical (unpaired) electrons. The maximum Gasteiger partial charge on any atom is 0.408 e. The molecule has 0 fully saturated rings. The second-order valence-electron chi connectivity index (χ2n) is 14.0. The topological polar surface area (TPSA) is 114 Å². The van der Waals surface area contributed by atoms with Crippen LogP contribution in [0.4, 0.5) is 4.79 Å². The number of nitrogens with zero attached hydrogens (tertiary/aromatic N) is 1. The van der Waals surface area contributed by atoms with E-state index in [0.717, 1.165) is 16.7 Å². The minimum Gasteiger partial charge on any atom is -0.458 e. The summed E-state index contributed by atoms with van der Waals surface area (Å²) in [4.78, 5) is 56.5. The fourth-order valence-electron chi connectivity index (χ4n) is 5.04. The van der Waals surface area contributed by atoms with E-state index < -0.39 is 53.2 Å². The van der Waals surface area contributed by atoms with E-state index in [4.69, 9.17) is 9.47 Å². The summed E-state index contributed by atoms with van der Waals surface area (Å²) < 4.78 is 11.2. The highest BCUT2D eigenvalue weighted by Crippen LogP contribution is 2.27. The second kappa shape index (κ2) is 15.9. The third kappa shape index (κ3) is 12.2. The summed E-state index contributed by atoms with van der Waals surface area (Å²) in [6.07, 6.45) is 0.0422. The van der Waals surface area contributed by atoms with Crippen LogP contribution in [0.3, 0.4) is 0 Å². The molecule has 2 aromatic rings. The first kappa shape index (κ1) is 37.3. The molecular weight excluding hydrogens is 570 g/mol. The number of aryl methyl sites for hydroxylation is 2. The minimum atomic E-state index is -1.08. The van der Waals surface area contributed by atoms with Crippen molar-refractivity contribution in [1.29, 1.82) is 0 Å². The predicted molar refractivity (Wildman–Crippen MR) is 177 cm³/mol. The molecule has 0 aliphatic carbocycles. The molecule has 0 saturated heterocycles. The first-order chi connectivity index (χ1) is 20.8. The molecule has 0 bridgehead atoms. The molecule has 0 heterocycles. The number of nitrogens with one attached hydrogen (secondary N) is 2. The van der Waals surface area contributed by atoms with E-state index in [-0.39, 0.29) is 18.9 Å². The lowest BCUT2D eigenvalue weighted by Gasteiger charge is -2.36. The predicted octanol–water partition coefficient (Wildman–Crippen LogP) is 6.20. The molecule has 9 nitrogen and oxygen atoms in total. The Labute approximate surface area is 269 Å². The van der Waals surface area contributed by atoms with Gasteiger partial charge in [-0.3, -0.25) is 9.59 Å². The minimum absolute atomic E-state index is 0.206. The van der Waals surface area contributed by atoms with Crippen molar-refractivity contribution in [3.8, 4) is 0 Å². The number of rotatable bonds is 12. The molecule has 9 heteroatoms. The lowest BCUT2D eigenvalue weighted by atomic mass is 9.96. The Kier molecular flexibility index (Phi) is 13.2. The average Bonchev–Trinajstić information content (AvgIpc) is 2.88. The molecule has 2 N–H and O–H groups in total. The van der Waals surface area contributed by atoms with E-state index >= 15 is 0 Å². The van der Waals surface area contributed by atoms with Gasteiger partial charge in [-0.25, -0.2) is 9.59 Å². The zero-order chi connectivity index (χ0) is 34.1. The number of benzene rings is 2. The summed E-state index contributed by atoms with van der Waals surface area (Å²) >= 11 is 0. The summed E-state index contributed by atoms with van der Waals surface area (Å²) in [6, 6.07) is 12.1. The fourth-order valence-corrected chi connectivity index (χ4v) is 5.04. The van der Waals surface area contributed by atoms with Crippen molar-refractivity contribution in [2.75, 3.05) is 6.54 Å². The zero-order valence-corrected chi connectivity index (χ0v) is 28.9. The quantitative estimate of drug-likeness (QED) is 0.272. The van der Waals surface area contributed by atoms with E-state index in [1.165, 1.54) is 4.90 Å². The maximum atomic E-state index is 14.4. The lowest BCUT2D eigenvalue weighted by Crippen LogP contribution is -2.56. The number of hydrogen-bond donors (Lipinski definition) is 2. The van der Waals surface area contributed by atoms with Crippen LogP contribution < -0.4 is 10.6 Å². The summed E-state index contributed by atoms with van der Waals surface area (Å²) in [6.45, 7) is 20.2. The van der Waals surface area contributed by atoms with Crippen LogP contribution in [0, 0.1) is 19.8 Å². The van der Waals surface area contributed by atoms with Gasteiger partial charge >= 0.3 is 12.1 Å². The van der Waals surface area contributed by atoms with Crippen molar-refractivity contribution in [2.45, 2.75) is 118 Å². The fraction of sp³-hybridized carbons (Fsp3) is 0.556. The van der Waals surface area contributed by atoms with Gasteiger partial charge in [0.05, 0.1) is 0 Å². The molecule has 0 aromatic heterocycles. The van der Waals surface area contributed by atoms with Crippen molar-refractivity contribution in [1.82, 2.24) is 15.5 Å². The number of ether oxygens (including phenoxy) is 2. The molecule has 2 aromatic carbocycles. The summed E-state index contributed by atoms with van der Waals surface area (Å²) in [5.74, 6) is -1.82. The van der Waals surface area contributed by atoms with Crippen LogP contribution in [0.5, 0.6) is 0 Å². The Morgan fingerprint density at radius 1 is 0.822 bits per heavy atom. The molecule has 3 amide bonds. The van der Waals surface area contributed by atoms with Gasteiger partial charge in [-0.05, 0) is 78.9 Å². The molecule has 3 unspecified atom stereocenters. The van der Waals surface area contributed by atoms with E-state index in [2.05, 4.69) is 10.6 Å². The van der Waals surface area contributed by atoms with Crippen molar-refractivity contribution in [3.63, 3.8) is 0 Å². The largest absolute Gasteiger partial charge is 0.458 e. The average molecular weight is 624 g/mol. The smallest absolute Gasteiger partial charge is 0.408 e. The lowest BCUT2D eigenvalue weighted by molar-refractivity contribution is -0.159. The number of carbonyl (C=O) groups excluding carboxylic acids is 4. The van der Waals surface area contributed by atoms with Gasteiger partial charge in [-0.2, -0.15) is 0 Å². The first-order valence-corrected chi connectivity index (χ1v) is 15.8. The Hall–Kier alpha value is -3.88. The number of alkyl carbamates (subject to hydrolysis) is 1. The molecule has 248 valence electrons. The van der Waals surface area contributed by atoms with Gasteiger partial charge in [0.15, 0.2) is 0 Å². The van der Waals surface area contributed by atoms with Gasteiger partial charge < -0.3 is 25.0 Å².